The minimum atomic E-state index is -0.370. The average molecular weight is 268 g/mol. The Hall–Kier alpha value is -1.47. The Morgan fingerprint density at radius 3 is 3.06 bits per heavy atom. The van der Waals surface area contributed by atoms with Gasteiger partial charge in [0, 0.05) is 25.5 Å². The molecule has 98 valence electrons. The molecule has 18 heavy (non-hydrogen) atoms. The van der Waals surface area contributed by atoms with E-state index in [2.05, 4.69) is 10.3 Å². The van der Waals surface area contributed by atoms with Crippen molar-refractivity contribution >= 4 is 23.2 Å². The normalized spacial score (nSPS) is 19.0. The zero-order chi connectivity index (χ0) is 13.1. The molecule has 0 spiro atoms. The van der Waals surface area contributed by atoms with Crippen LogP contribution in [0, 0.1) is 0 Å². The number of nitrogens with two attached hydrogens (primary N) is 1. The Morgan fingerprint density at radius 1 is 1.67 bits per heavy atom. The quantitative estimate of drug-likeness (QED) is 0.804. The van der Waals surface area contributed by atoms with Gasteiger partial charge in [-0.3, -0.25) is 9.59 Å². The highest BCUT2D eigenvalue weighted by atomic mass is 32.1. The molecule has 0 aliphatic carbocycles. The molecule has 1 unspecified atom stereocenters. The molecule has 1 aromatic rings. The maximum atomic E-state index is 12.3. The lowest BCUT2D eigenvalue weighted by molar-refractivity contribution is -0.124. The summed E-state index contributed by atoms with van der Waals surface area (Å²) in [4.78, 5) is 29.7. The molecule has 0 saturated carbocycles. The van der Waals surface area contributed by atoms with Crippen molar-refractivity contribution in [2.45, 2.75) is 25.4 Å². The van der Waals surface area contributed by atoms with Gasteiger partial charge in [-0.15, -0.1) is 11.3 Å². The second kappa shape index (κ2) is 5.45. The van der Waals surface area contributed by atoms with Crippen LogP contribution in [-0.2, 0) is 11.3 Å². The van der Waals surface area contributed by atoms with Gasteiger partial charge in [0.1, 0.15) is 16.7 Å². The number of carbonyl (C=O) groups excluding carboxylic acids is 2. The molecule has 1 saturated heterocycles. The van der Waals surface area contributed by atoms with Gasteiger partial charge in [0.05, 0.1) is 0 Å². The van der Waals surface area contributed by atoms with Gasteiger partial charge in [-0.2, -0.15) is 0 Å². The molecule has 7 heteroatoms. The highest BCUT2D eigenvalue weighted by Gasteiger charge is 2.34. The lowest BCUT2D eigenvalue weighted by atomic mass is 10.2. The molecule has 2 amide bonds. The molecule has 0 aromatic carbocycles. The van der Waals surface area contributed by atoms with Gasteiger partial charge in [-0.05, 0) is 12.8 Å². The predicted octanol–water partition coefficient (Wildman–Crippen LogP) is -0.0476. The van der Waals surface area contributed by atoms with Crippen LogP contribution in [0.3, 0.4) is 0 Å². The Morgan fingerprint density at radius 2 is 2.44 bits per heavy atom. The number of hydrogen-bond acceptors (Lipinski definition) is 5. The molecule has 1 aliphatic heterocycles. The van der Waals surface area contributed by atoms with E-state index in [0.717, 1.165) is 11.4 Å². The molecular formula is C11H16N4O2S. The van der Waals surface area contributed by atoms with Gasteiger partial charge in [-0.1, -0.05) is 0 Å². The van der Waals surface area contributed by atoms with E-state index in [0.29, 0.717) is 25.2 Å². The van der Waals surface area contributed by atoms with Crippen molar-refractivity contribution < 1.29 is 9.59 Å². The number of likely N-dealkylation sites (N-methyl/N-ethyl adjacent to an activating group) is 1. The maximum absolute atomic E-state index is 12.3. The van der Waals surface area contributed by atoms with Gasteiger partial charge in [0.15, 0.2) is 0 Å². The van der Waals surface area contributed by atoms with Crippen LogP contribution < -0.4 is 11.1 Å². The number of thiazole rings is 1. The minimum Gasteiger partial charge on any atom is -0.357 e. The van der Waals surface area contributed by atoms with Crippen LogP contribution in [0.5, 0.6) is 0 Å². The number of rotatable bonds is 3. The molecular weight excluding hydrogens is 252 g/mol. The number of likely N-dealkylation sites (tertiary alicyclic amines) is 1. The van der Waals surface area contributed by atoms with Crippen molar-refractivity contribution in [1.82, 2.24) is 15.2 Å². The first kappa shape index (κ1) is 13.0. The molecule has 0 bridgehead atoms. The van der Waals surface area contributed by atoms with Crippen LogP contribution in [0.4, 0.5) is 0 Å². The summed E-state index contributed by atoms with van der Waals surface area (Å²) in [6.07, 6.45) is 1.55. The third-order valence-corrected chi connectivity index (χ3v) is 3.88. The molecule has 2 rings (SSSR count). The summed E-state index contributed by atoms with van der Waals surface area (Å²) in [7, 11) is 1.58. The highest BCUT2D eigenvalue weighted by molar-refractivity contribution is 7.09. The van der Waals surface area contributed by atoms with Gasteiger partial charge < -0.3 is 16.0 Å². The molecule has 3 N–H and O–H groups in total. The van der Waals surface area contributed by atoms with Crippen molar-refractivity contribution in [2.75, 3.05) is 13.6 Å². The molecule has 1 fully saturated rings. The van der Waals surface area contributed by atoms with Gasteiger partial charge in [-0.25, -0.2) is 4.98 Å². The molecule has 0 radical (unpaired) electrons. The number of nitrogens with one attached hydrogen (secondary N) is 1. The van der Waals surface area contributed by atoms with Crippen molar-refractivity contribution in [1.29, 1.82) is 0 Å². The van der Waals surface area contributed by atoms with Crippen LogP contribution in [0.1, 0.15) is 28.3 Å². The topological polar surface area (TPSA) is 88.3 Å². The van der Waals surface area contributed by atoms with E-state index in [4.69, 9.17) is 5.73 Å². The molecule has 6 nitrogen and oxygen atoms in total. The number of hydrogen-bond donors (Lipinski definition) is 2. The van der Waals surface area contributed by atoms with Crippen molar-refractivity contribution in [3.63, 3.8) is 0 Å². The monoisotopic (exact) mass is 268 g/mol. The summed E-state index contributed by atoms with van der Waals surface area (Å²) in [5.41, 5.74) is 5.86. The first-order chi connectivity index (χ1) is 8.67. The smallest absolute Gasteiger partial charge is 0.274 e. The molecule has 2 heterocycles. The average Bonchev–Trinajstić information content (AvgIpc) is 3.05. The maximum Gasteiger partial charge on any atom is 0.274 e. The standard InChI is InChI=1S/C11H16N4O2S/c1-13-10(16)8-3-2-4-15(8)11(17)7-6-18-9(5-12)14-7/h6,8H,2-5,12H2,1H3,(H,13,16). The Labute approximate surface area is 109 Å². The van der Waals surface area contributed by atoms with Gasteiger partial charge in [0.2, 0.25) is 5.91 Å². The number of nitrogens with zero attached hydrogens (tertiary/aromatic N) is 2. The Kier molecular flexibility index (Phi) is 3.93. The molecule has 1 aliphatic rings. The van der Waals surface area contributed by atoms with E-state index >= 15 is 0 Å². The predicted molar refractivity (Wildman–Crippen MR) is 68.1 cm³/mol. The summed E-state index contributed by atoms with van der Waals surface area (Å²) < 4.78 is 0. The van der Waals surface area contributed by atoms with E-state index in [1.807, 2.05) is 0 Å². The zero-order valence-corrected chi connectivity index (χ0v) is 11.0. The summed E-state index contributed by atoms with van der Waals surface area (Å²) in [5, 5.41) is 5.02. The van der Waals surface area contributed by atoms with E-state index < -0.39 is 0 Å². The summed E-state index contributed by atoms with van der Waals surface area (Å²) in [5.74, 6) is -0.299. The lowest BCUT2D eigenvalue weighted by Crippen LogP contribution is -2.45. The number of aromatic nitrogens is 1. The van der Waals surface area contributed by atoms with E-state index in [-0.39, 0.29) is 17.9 Å². The molecule has 1 aromatic heterocycles. The summed E-state index contributed by atoms with van der Waals surface area (Å²) >= 11 is 1.37. The van der Waals surface area contributed by atoms with Gasteiger partial charge in [0.25, 0.3) is 5.91 Å². The van der Waals surface area contributed by atoms with E-state index in [9.17, 15) is 9.59 Å². The van der Waals surface area contributed by atoms with Crippen LogP contribution >= 0.6 is 11.3 Å². The molecule has 1 atom stereocenters. The third kappa shape index (κ3) is 2.37. The zero-order valence-electron chi connectivity index (χ0n) is 10.2. The van der Waals surface area contributed by atoms with Gasteiger partial charge >= 0.3 is 0 Å². The largest absolute Gasteiger partial charge is 0.357 e. The summed E-state index contributed by atoms with van der Waals surface area (Å²) in [6, 6.07) is -0.370. The minimum absolute atomic E-state index is 0.116. The second-order valence-electron chi connectivity index (χ2n) is 4.10. The van der Waals surface area contributed by atoms with E-state index in [1.54, 1.807) is 17.3 Å². The third-order valence-electron chi connectivity index (χ3n) is 3.01. The first-order valence-corrected chi connectivity index (χ1v) is 6.72. The van der Waals surface area contributed by atoms with Crippen LogP contribution in [0.2, 0.25) is 0 Å². The lowest BCUT2D eigenvalue weighted by Gasteiger charge is -2.22. The Balaban J connectivity index is 2.15. The van der Waals surface area contributed by atoms with Crippen LogP contribution in [-0.4, -0.2) is 41.3 Å². The fourth-order valence-corrected chi connectivity index (χ4v) is 2.75. The van der Waals surface area contributed by atoms with Crippen LogP contribution in [0.25, 0.3) is 0 Å². The fourth-order valence-electron chi connectivity index (χ4n) is 2.10. The fraction of sp³-hybridized carbons (Fsp3) is 0.545. The SMILES string of the molecule is CNC(=O)C1CCCN1C(=O)c1csc(CN)n1. The van der Waals surface area contributed by atoms with Crippen molar-refractivity contribution in [2.24, 2.45) is 5.73 Å². The van der Waals surface area contributed by atoms with E-state index in [1.165, 1.54) is 11.3 Å². The highest BCUT2D eigenvalue weighted by Crippen LogP contribution is 2.21. The van der Waals surface area contributed by atoms with Crippen molar-refractivity contribution in [3.8, 4) is 0 Å². The van der Waals surface area contributed by atoms with Crippen LogP contribution in [0.15, 0.2) is 5.38 Å². The number of carbonyl (C=O) groups is 2. The second-order valence-corrected chi connectivity index (χ2v) is 5.04. The van der Waals surface area contributed by atoms with Crippen molar-refractivity contribution in [3.05, 3.63) is 16.1 Å². The summed E-state index contributed by atoms with van der Waals surface area (Å²) in [6.45, 7) is 0.934. The first-order valence-electron chi connectivity index (χ1n) is 5.84. The Bertz CT molecular complexity index is 460. The number of amides is 2.